The first-order valence-corrected chi connectivity index (χ1v) is 9.42. The highest BCUT2D eigenvalue weighted by molar-refractivity contribution is 7.91. The Hall–Kier alpha value is -2.04. The third kappa shape index (κ3) is 5.25. The molecule has 0 spiro atoms. The van der Waals surface area contributed by atoms with Gasteiger partial charge in [0.1, 0.15) is 5.75 Å². The van der Waals surface area contributed by atoms with Crippen LogP contribution in [0.3, 0.4) is 0 Å². The Morgan fingerprint density at radius 1 is 1.33 bits per heavy atom. The fraction of sp³-hybridized carbons (Fsp3) is 0.357. The summed E-state index contributed by atoms with van der Waals surface area (Å²) >= 11 is 0.786. The van der Waals surface area contributed by atoms with Crippen molar-refractivity contribution in [3.8, 4) is 5.75 Å². The number of amides is 1. The second kappa shape index (κ2) is 7.69. The van der Waals surface area contributed by atoms with E-state index in [1.54, 1.807) is 18.2 Å². The van der Waals surface area contributed by atoms with Crippen LogP contribution in [0.15, 0.2) is 28.6 Å². The van der Waals surface area contributed by atoms with Gasteiger partial charge in [0, 0.05) is 13.5 Å². The van der Waals surface area contributed by atoms with E-state index >= 15 is 0 Å². The molecule has 0 saturated carbocycles. The standard InChI is InChI=1S/C14H18N4O4S2/c1-9(2)22-12-6-4-5-11(7-12)8-15-24(20,21)14-18-17-13(23-14)16-10(3)19/h4-7,9,15H,8H2,1-3H3,(H,16,17,19). The molecule has 2 N–H and O–H groups in total. The van der Waals surface area contributed by atoms with Crippen LogP contribution in [0.5, 0.6) is 5.75 Å². The van der Waals surface area contributed by atoms with Crippen molar-refractivity contribution in [2.45, 2.75) is 37.8 Å². The molecule has 1 aromatic heterocycles. The van der Waals surface area contributed by atoms with Crippen LogP contribution in [-0.2, 0) is 21.4 Å². The van der Waals surface area contributed by atoms with E-state index in [1.165, 1.54) is 6.92 Å². The highest BCUT2D eigenvalue weighted by Crippen LogP contribution is 2.20. The molecule has 0 aliphatic rings. The Morgan fingerprint density at radius 3 is 2.75 bits per heavy atom. The smallest absolute Gasteiger partial charge is 0.270 e. The number of ether oxygens (including phenoxy) is 1. The van der Waals surface area contributed by atoms with Crippen molar-refractivity contribution in [3.05, 3.63) is 29.8 Å². The Labute approximate surface area is 144 Å². The van der Waals surface area contributed by atoms with Crippen molar-refractivity contribution in [1.82, 2.24) is 14.9 Å². The van der Waals surface area contributed by atoms with E-state index in [9.17, 15) is 13.2 Å². The van der Waals surface area contributed by atoms with Gasteiger partial charge in [0.25, 0.3) is 10.0 Å². The molecule has 1 amide bonds. The SMILES string of the molecule is CC(=O)Nc1nnc(S(=O)(=O)NCc2cccc(OC(C)C)c2)s1. The van der Waals surface area contributed by atoms with E-state index < -0.39 is 10.0 Å². The Balaban J connectivity index is 2.04. The summed E-state index contributed by atoms with van der Waals surface area (Å²) in [6.07, 6.45) is 0.0329. The summed E-state index contributed by atoms with van der Waals surface area (Å²) in [6, 6.07) is 7.16. The zero-order chi connectivity index (χ0) is 17.7. The summed E-state index contributed by atoms with van der Waals surface area (Å²) in [7, 11) is -3.81. The molecule has 0 unspecified atom stereocenters. The molecule has 8 nitrogen and oxygen atoms in total. The van der Waals surface area contributed by atoms with Crippen LogP contribution in [0.4, 0.5) is 5.13 Å². The molecule has 24 heavy (non-hydrogen) atoms. The molecule has 2 rings (SSSR count). The monoisotopic (exact) mass is 370 g/mol. The lowest BCUT2D eigenvalue weighted by Gasteiger charge is -2.11. The number of benzene rings is 1. The number of aromatic nitrogens is 2. The van der Waals surface area contributed by atoms with Crippen LogP contribution in [0.25, 0.3) is 0 Å². The lowest BCUT2D eigenvalue weighted by atomic mass is 10.2. The van der Waals surface area contributed by atoms with Crippen molar-refractivity contribution in [1.29, 1.82) is 0 Å². The largest absolute Gasteiger partial charge is 0.491 e. The molecule has 0 fully saturated rings. The molecule has 130 valence electrons. The average Bonchev–Trinajstić information content (AvgIpc) is 2.93. The van der Waals surface area contributed by atoms with E-state index in [4.69, 9.17) is 4.74 Å². The summed E-state index contributed by atoms with van der Waals surface area (Å²) in [5.74, 6) is 0.329. The van der Waals surface area contributed by atoms with Gasteiger partial charge in [-0.1, -0.05) is 23.5 Å². The second-order valence-corrected chi connectivity index (χ2v) is 8.11. The van der Waals surface area contributed by atoms with E-state index in [0.29, 0.717) is 5.75 Å². The van der Waals surface area contributed by atoms with Crippen molar-refractivity contribution in [2.24, 2.45) is 0 Å². The first-order chi connectivity index (χ1) is 11.3. The molecular weight excluding hydrogens is 352 g/mol. The fourth-order valence-electron chi connectivity index (χ4n) is 1.76. The molecule has 2 aromatic rings. The topological polar surface area (TPSA) is 110 Å². The Kier molecular flexibility index (Phi) is 5.86. The fourth-order valence-corrected chi connectivity index (χ4v) is 3.76. The molecule has 0 atom stereocenters. The molecule has 0 aliphatic heterocycles. The molecule has 0 radical (unpaired) electrons. The van der Waals surface area contributed by atoms with E-state index in [0.717, 1.165) is 16.9 Å². The molecule has 10 heteroatoms. The van der Waals surface area contributed by atoms with Crippen LogP contribution in [0.1, 0.15) is 26.3 Å². The number of rotatable bonds is 7. The van der Waals surface area contributed by atoms with Gasteiger partial charge in [-0.3, -0.25) is 4.79 Å². The van der Waals surface area contributed by atoms with Crippen molar-refractivity contribution in [3.63, 3.8) is 0 Å². The third-order valence-corrected chi connectivity index (χ3v) is 5.26. The zero-order valence-electron chi connectivity index (χ0n) is 13.4. The van der Waals surface area contributed by atoms with Gasteiger partial charge in [-0.25, -0.2) is 13.1 Å². The van der Waals surface area contributed by atoms with Crippen molar-refractivity contribution >= 4 is 32.4 Å². The maximum Gasteiger partial charge on any atom is 0.270 e. The van der Waals surface area contributed by atoms with Gasteiger partial charge >= 0.3 is 0 Å². The predicted molar refractivity (Wildman–Crippen MR) is 90.4 cm³/mol. The highest BCUT2D eigenvalue weighted by atomic mass is 32.2. The third-order valence-electron chi connectivity index (χ3n) is 2.66. The lowest BCUT2D eigenvalue weighted by Crippen LogP contribution is -2.23. The molecule has 0 bridgehead atoms. The summed E-state index contributed by atoms with van der Waals surface area (Å²) in [5, 5.41) is 9.74. The van der Waals surface area contributed by atoms with Crippen LogP contribution in [0, 0.1) is 0 Å². The minimum Gasteiger partial charge on any atom is -0.491 e. The first kappa shape index (κ1) is 18.3. The minimum absolute atomic E-state index is 0.0329. The quantitative estimate of drug-likeness (QED) is 0.719. The minimum atomic E-state index is -3.81. The maximum absolute atomic E-state index is 12.2. The van der Waals surface area contributed by atoms with Crippen LogP contribution < -0.4 is 14.8 Å². The normalized spacial score (nSPS) is 11.5. The number of hydrogen-bond acceptors (Lipinski definition) is 7. The second-order valence-electron chi connectivity index (χ2n) is 5.19. The summed E-state index contributed by atoms with van der Waals surface area (Å²) in [4.78, 5) is 10.9. The lowest BCUT2D eigenvalue weighted by molar-refractivity contribution is -0.114. The maximum atomic E-state index is 12.2. The summed E-state index contributed by atoms with van der Waals surface area (Å²) in [5.41, 5.74) is 0.753. The van der Waals surface area contributed by atoms with Gasteiger partial charge in [0.2, 0.25) is 15.4 Å². The molecule has 0 saturated heterocycles. The van der Waals surface area contributed by atoms with Gasteiger partial charge < -0.3 is 10.1 Å². The molecule has 0 aliphatic carbocycles. The van der Waals surface area contributed by atoms with E-state index in [2.05, 4.69) is 20.2 Å². The van der Waals surface area contributed by atoms with Gasteiger partial charge in [-0.05, 0) is 31.5 Å². The Morgan fingerprint density at radius 2 is 2.08 bits per heavy atom. The molecule has 1 aromatic carbocycles. The zero-order valence-corrected chi connectivity index (χ0v) is 15.1. The molecule has 1 heterocycles. The Bertz CT molecular complexity index is 818. The van der Waals surface area contributed by atoms with E-state index in [-0.39, 0.29) is 28.0 Å². The number of nitrogens with one attached hydrogen (secondary N) is 2. The summed E-state index contributed by atoms with van der Waals surface area (Å²) in [6.45, 7) is 5.22. The highest BCUT2D eigenvalue weighted by Gasteiger charge is 2.20. The summed E-state index contributed by atoms with van der Waals surface area (Å²) < 4.78 is 32.3. The van der Waals surface area contributed by atoms with Gasteiger partial charge in [0.05, 0.1) is 6.10 Å². The molecular formula is C14H18N4O4S2. The van der Waals surface area contributed by atoms with Crippen molar-refractivity contribution < 1.29 is 17.9 Å². The van der Waals surface area contributed by atoms with Crippen molar-refractivity contribution in [2.75, 3.05) is 5.32 Å². The van der Waals surface area contributed by atoms with Crippen LogP contribution in [0.2, 0.25) is 0 Å². The number of hydrogen-bond donors (Lipinski definition) is 2. The number of nitrogens with zero attached hydrogens (tertiary/aromatic N) is 2. The van der Waals surface area contributed by atoms with Gasteiger partial charge in [-0.15, -0.1) is 10.2 Å². The number of sulfonamides is 1. The van der Waals surface area contributed by atoms with Crippen LogP contribution in [-0.4, -0.2) is 30.6 Å². The predicted octanol–water partition coefficient (Wildman–Crippen LogP) is 1.76. The average molecular weight is 370 g/mol. The van der Waals surface area contributed by atoms with E-state index in [1.807, 2.05) is 19.9 Å². The number of carbonyl (C=O) groups excluding carboxylic acids is 1. The van der Waals surface area contributed by atoms with Gasteiger partial charge in [0.15, 0.2) is 0 Å². The van der Waals surface area contributed by atoms with Crippen LogP contribution >= 0.6 is 11.3 Å². The number of anilines is 1. The number of carbonyl (C=O) groups is 1. The first-order valence-electron chi connectivity index (χ1n) is 7.12. The van der Waals surface area contributed by atoms with Gasteiger partial charge in [-0.2, -0.15) is 0 Å².